The summed E-state index contributed by atoms with van der Waals surface area (Å²) in [6.07, 6.45) is 0. The monoisotopic (exact) mass is 283 g/mol. The molecule has 6 heteroatoms. The second kappa shape index (κ2) is 5.01. The molecular weight excluding hydrogens is 273 g/mol. The number of nitrogens with zero attached hydrogens (tertiary/aromatic N) is 1. The summed E-state index contributed by atoms with van der Waals surface area (Å²) in [4.78, 5) is 11.3. The molecule has 100 valence electrons. The summed E-state index contributed by atoms with van der Waals surface area (Å²) in [5, 5.41) is 12.9. The second-order valence-electron chi connectivity index (χ2n) is 4.36. The Kier molecular flexibility index (Phi) is 3.57. The Morgan fingerprint density at radius 1 is 1.47 bits per heavy atom. The fourth-order valence-electron chi connectivity index (χ4n) is 1.74. The largest absolute Gasteiger partial charge is 0.477 e. The lowest BCUT2D eigenvalue weighted by atomic mass is 10.0. The summed E-state index contributed by atoms with van der Waals surface area (Å²) < 4.78 is 18.2. The van der Waals surface area contributed by atoms with E-state index < -0.39 is 11.8 Å². The van der Waals surface area contributed by atoms with E-state index in [0.29, 0.717) is 5.56 Å². The highest BCUT2D eigenvalue weighted by Crippen LogP contribution is 2.31. The van der Waals surface area contributed by atoms with Gasteiger partial charge < -0.3 is 9.63 Å². The molecule has 0 aliphatic rings. The molecule has 0 aliphatic carbocycles. The molecule has 1 N–H and O–H groups in total. The molecule has 2 aromatic rings. The highest BCUT2D eigenvalue weighted by Gasteiger charge is 2.25. The maximum Gasteiger partial charge on any atom is 0.341 e. The van der Waals surface area contributed by atoms with Gasteiger partial charge in [0.05, 0.1) is 5.02 Å². The molecule has 0 radical (unpaired) electrons. The van der Waals surface area contributed by atoms with Gasteiger partial charge in [0.25, 0.3) is 0 Å². The number of carbonyl (C=O) groups is 1. The van der Waals surface area contributed by atoms with Crippen molar-refractivity contribution in [3.05, 3.63) is 40.4 Å². The first-order valence-electron chi connectivity index (χ1n) is 5.60. The Labute approximate surface area is 113 Å². The van der Waals surface area contributed by atoms with Crippen LogP contribution in [-0.4, -0.2) is 16.2 Å². The van der Waals surface area contributed by atoms with Gasteiger partial charge in [-0.15, -0.1) is 0 Å². The third-order valence-electron chi connectivity index (χ3n) is 2.65. The van der Waals surface area contributed by atoms with Crippen LogP contribution in [0.2, 0.25) is 5.02 Å². The van der Waals surface area contributed by atoms with Crippen LogP contribution in [0.3, 0.4) is 0 Å². The summed E-state index contributed by atoms with van der Waals surface area (Å²) in [5.74, 6) is -1.55. The van der Waals surface area contributed by atoms with Gasteiger partial charge in [0.2, 0.25) is 0 Å². The van der Waals surface area contributed by atoms with E-state index in [1.807, 2.05) is 0 Å². The van der Waals surface area contributed by atoms with Gasteiger partial charge >= 0.3 is 5.97 Å². The first-order chi connectivity index (χ1) is 8.91. The van der Waals surface area contributed by atoms with E-state index in [9.17, 15) is 14.3 Å². The van der Waals surface area contributed by atoms with Crippen molar-refractivity contribution in [2.24, 2.45) is 0 Å². The number of rotatable bonds is 3. The van der Waals surface area contributed by atoms with Crippen molar-refractivity contribution < 1.29 is 18.8 Å². The number of benzene rings is 1. The highest BCUT2D eigenvalue weighted by atomic mass is 35.5. The number of carboxylic acids is 1. The van der Waals surface area contributed by atoms with Crippen LogP contribution in [0.5, 0.6) is 0 Å². The van der Waals surface area contributed by atoms with E-state index in [1.54, 1.807) is 13.8 Å². The van der Waals surface area contributed by atoms with Crippen molar-refractivity contribution in [3.63, 3.8) is 0 Å². The van der Waals surface area contributed by atoms with Crippen LogP contribution < -0.4 is 0 Å². The van der Waals surface area contributed by atoms with E-state index in [-0.39, 0.29) is 28.0 Å². The van der Waals surface area contributed by atoms with Gasteiger partial charge in [0.15, 0.2) is 5.76 Å². The first kappa shape index (κ1) is 13.5. The molecular formula is C13H11ClFNO3. The molecule has 4 nitrogen and oxygen atoms in total. The number of hydrogen-bond acceptors (Lipinski definition) is 3. The van der Waals surface area contributed by atoms with E-state index >= 15 is 0 Å². The molecule has 1 aromatic carbocycles. The zero-order valence-corrected chi connectivity index (χ0v) is 11.0. The highest BCUT2D eigenvalue weighted by molar-refractivity contribution is 6.31. The predicted molar refractivity (Wildman–Crippen MR) is 68.0 cm³/mol. The van der Waals surface area contributed by atoms with Crippen molar-refractivity contribution in [2.75, 3.05) is 0 Å². The molecule has 19 heavy (non-hydrogen) atoms. The summed E-state index contributed by atoms with van der Waals surface area (Å²) in [6.45, 7) is 3.60. The van der Waals surface area contributed by atoms with E-state index in [0.717, 1.165) is 6.07 Å². The molecule has 1 aromatic heterocycles. The fraction of sp³-hybridized carbons (Fsp3) is 0.231. The normalized spacial score (nSPS) is 11.0. The first-order valence-corrected chi connectivity index (χ1v) is 5.98. The van der Waals surface area contributed by atoms with Crippen LogP contribution >= 0.6 is 11.6 Å². The molecule has 0 fully saturated rings. The zero-order chi connectivity index (χ0) is 14.2. The molecule has 0 atom stereocenters. The quantitative estimate of drug-likeness (QED) is 0.926. The molecule has 0 saturated carbocycles. The minimum atomic E-state index is -1.14. The van der Waals surface area contributed by atoms with E-state index in [2.05, 4.69) is 5.16 Å². The van der Waals surface area contributed by atoms with Gasteiger partial charge in [-0.05, 0) is 18.2 Å². The molecule has 0 unspecified atom stereocenters. The van der Waals surface area contributed by atoms with Gasteiger partial charge in [-0.1, -0.05) is 30.6 Å². The Bertz CT molecular complexity index is 637. The van der Waals surface area contributed by atoms with Crippen LogP contribution in [-0.2, 0) is 0 Å². The van der Waals surface area contributed by atoms with Crippen molar-refractivity contribution in [3.8, 4) is 11.3 Å². The van der Waals surface area contributed by atoms with Gasteiger partial charge in [0, 0.05) is 11.5 Å². The third-order valence-corrected chi connectivity index (χ3v) is 2.94. The molecule has 2 rings (SSSR count). The smallest absolute Gasteiger partial charge is 0.341 e. The Balaban J connectivity index is 2.62. The van der Waals surface area contributed by atoms with Crippen molar-refractivity contribution in [2.45, 2.75) is 19.8 Å². The summed E-state index contributed by atoms with van der Waals surface area (Å²) in [7, 11) is 0. The number of halogens is 2. The third kappa shape index (κ3) is 2.46. The lowest BCUT2D eigenvalue weighted by Gasteiger charge is -2.02. The van der Waals surface area contributed by atoms with Crippen LogP contribution in [0, 0.1) is 5.82 Å². The zero-order valence-electron chi connectivity index (χ0n) is 10.3. The maximum absolute atomic E-state index is 13.1. The summed E-state index contributed by atoms with van der Waals surface area (Å²) >= 11 is 5.68. The molecule has 0 amide bonds. The molecule has 0 saturated heterocycles. The Morgan fingerprint density at radius 2 is 2.16 bits per heavy atom. The standard InChI is InChI=1S/C13H11ClFNO3/c1-6(2)12-10(13(17)18)11(16-19-12)7-3-4-9(15)8(14)5-7/h3-6H,1-2H3,(H,17,18). The van der Waals surface area contributed by atoms with Crippen LogP contribution in [0.15, 0.2) is 22.7 Å². The Morgan fingerprint density at radius 3 is 2.68 bits per heavy atom. The lowest BCUT2D eigenvalue weighted by Crippen LogP contribution is -2.02. The lowest BCUT2D eigenvalue weighted by molar-refractivity contribution is 0.0694. The van der Waals surface area contributed by atoms with Crippen molar-refractivity contribution >= 4 is 17.6 Å². The molecule has 0 spiro atoms. The van der Waals surface area contributed by atoms with Crippen LogP contribution in [0.25, 0.3) is 11.3 Å². The van der Waals surface area contributed by atoms with Crippen molar-refractivity contribution in [1.82, 2.24) is 5.16 Å². The molecule has 0 bridgehead atoms. The average molecular weight is 284 g/mol. The number of aromatic nitrogens is 1. The summed E-state index contributed by atoms with van der Waals surface area (Å²) in [5.41, 5.74) is 0.537. The van der Waals surface area contributed by atoms with Gasteiger partial charge in [-0.2, -0.15) is 0 Å². The maximum atomic E-state index is 13.1. The minimum absolute atomic E-state index is 0.0160. The molecule has 1 heterocycles. The minimum Gasteiger partial charge on any atom is -0.477 e. The van der Waals surface area contributed by atoms with Gasteiger partial charge in [-0.3, -0.25) is 0 Å². The number of hydrogen-bond donors (Lipinski definition) is 1. The number of carboxylic acid groups (broad SMARTS) is 1. The molecule has 0 aliphatic heterocycles. The van der Waals surface area contributed by atoms with E-state index in [1.165, 1.54) is 12.1 Å². The SMILES string of the molecule is CC(C)c1onc(-c2ccc(F)c(Cl)c2)c1C(=O)O. The predicted octanol–water partition coefficient (Wildman–Crippen LogP) is 3.96. The summed E-state index contributed by atoms with van der Waals surface area (Å²) in [6, 6.07) is 3.90. The second-order valence-corrected chi connectivity index (χ2v) is 4.77. The number of aromatic carboxylic acids is 1. The van der Waals surface area contributed by atoms with Gasteiger partial charge in [-0.25, -0.2) is 9.18 Å². The van der Waals surface area contributed by atoms with Gasteiger partial charge in [0.1, 0.15) is 17.1 Å². The topological polar surface area (TPSA) is 63.3 Å². The average Bonchev–Trinajstić information content (AvgIpc) is 2.77. The van der Waals surface area contributed by atoms with Crippen LogP contribution in [0.4, 0.5) is 4.39 Å². The van der Waals surface area contributed by atoms with Crippen molar-refractivity contribution in [1.29, 1.82) is 0 Å². The Hall–Kier alpha value is -1.88. The fourth-order valence-corrected chi connectivity index (χ4v) is 1.92. The van der Waals surface area contributed by atoms with Crippen LogP contribution in [0.1, 0.15) is 35.9 Å². The van der Waals surface area contributed by atoms with E-state index in [4.69, 9.17) is 16.1 Å².